The summed E-state index contributed by atoms with van der Waals surface area (Å²) in [5.74, 6) is -6.14. The second-order valence-corrected chi connectivity index (χ2v) is 5.38. The van der Waals surface area contributed by atoms with Crippen molar-refractivity contribution < 1.29 is 23.2 Å². The van der Waals surface area contributed by atoms with E-state index in [1.165, 1.54) is 17.0 Å². The highest BCUT2D eigenvalue weighted by molar-refractivity contribution is 6.21. The van der Waals surface area contributed by atoms with Crippen LogP contribution in [0.2, 0.25) is 0 Å². The SMILES string of the molecule is CN(C)/C=N/C(=O)CC(F)(F)CN1C(=O)c2ccccc2C1=O. The Morgan fingerprint density at radius 1 is 1.22 bits per heavy atom. The molecule has 1 aromatic rings. The smallest absolute Gasteiger partial charge is 0.274 e. The number of aliphatic imine (C=N–C) groups is 1. The fourth-order valence-electron chi connectivity index (χ4n) is 2.12. The van der Waals surface area contributed by atoms with E-state index in [1.807, 2.05) is 0 Å². The van der Waals surface area contributed by atoms with E-state index in [4.69, 9.17) is 0 Å². The number of hydrogen-bond acceptors (Lipinski definition) is 3. The Hall–Kier alpha value is -2.64. The predicted octanol–water partition coefficient (Wildman–Crippen LogP) is 1.42. The van der Waals surface area contributed by atoms with Gasteiger partial charge in [0.1, 0.15) is 0 Å². The molecule has 0 fully saturated rings. The third-order valence-electron chi connectivity index (χ3n) is 3.11. The molecule has 2 rings (SSSR count). The van der Waals surface area contributed by atoms with Gasteiger partial charge in [0.15, 0.2) is 0 Å². The van der Waals surface area contributed by atoms with Crippen LogP contribution < -0.4 is 0 Å². The first kappa shape index (κ1) is 16.7. The molecule has 0 saturated heterocycles. The van der Waals surface area contributed by atoms with Crippen LogP contribution in [0.15, 0.2) is 29.3 Å². The lowest BCUT2D eigenvalue weighted by molar-refractivity contribution is -0.125. The minimum absolute atomic E-state index is 0.0882. The Kier molecular flexibility index (Phi) is 4.53. The first-order chi connectivity index (χ1) is 10.7. The van der Waals surface area contributed by atoms with Crippen LogP contribution in [-0.2, 0) is 4.79 Å². The van der Waals surface area contributed by atoms with Crippen LogP contribution in [0, 0.1) is 0 Å². The summed E-state index contributed by atoms with van der Waals surface area (Å²) in [6.45, 7) is -1.15. The van der Waals surface area contributed by atoms with E-state index < -0.39 is 36.6 Å². The summed E-state index contributed by atoms with van der Waals surface area (Å²) in [7, 11) is 3.18. The van der Waals surface area contributed by atoms with Crippen LogP contribution >= 0.6 is 0 Å². The number of rotatable bonds is 5. The summed E-state index contributed by atoms with van der Waals surface area (Å²) in [6.07, 6.45) is -0.0643. The Morgan fingerprint density at radius 3 is 2.22 bits per heavy atom. The fraction of sp³-hybridized carbons (Fsp3) is 0.333. The Labute approximate surface area is 131 Å². The van der Waals surface area contributed by atoms with Crippen LogP contribution in [0.25, 0.3) is 0 Å². The van der Waals surface area contributed by atoms with Gasteiger partial charge in [-0.15, -0.1) is 0 Å². The number of halogens is 2. The molecule has 23 heavy (non-hydrogen) atoms. The van der Waals surface area contributed by atoms with E-state index in [2.05, 4.69) is 4.99 Å². The largest absolute Gasteiger partial charge is 0.369 e. The van der Waals surface area contributed by atoms with Gasteiger partial charge in [-0.3, -0.25) is 19.3 Å². The zero-order valence-corrected chi connectivity index (χ0v) is 12.6. The maximum atomic E-state index is 14.0. The van der Waals surface area contributed by atoms with Gasteiger partial charge in [0.05, 0.1) is 30.4 Å². The monoisotopic (exact) mass is 323 g/mol. The number of fused-ring (bicyclic) bond motifs is 1. The molecule has 1 aromatic carbocycles. The number of benzene rings is 1. The van der Waals surface area contributed by atoms with Gasteiger partial charge in [-0.25, -0.2) is 13.8 Å². The third-order valence-corrected chi connectivity index (χ3v) is 3.11. The lowest BCUT2D eigenvalue weighted by Crippen LogP contribution is -2.41. The molecule has 1 heterocycles. The normalized spacial score (nSPS) is 14.5. The highest BCUT2D eigenvalue weighted by Crippen LogP contribution is 2.28. The first-order valence-corrected chi connectivity index (χ1v) is 6.78. The molecule has 0 aliphatic carbocycles. The standard InChI is InChI=1S/C15H15F2N3O3/c1-19(2)9-18-12(21)7-15(16,17)8-20-13(22)10-5-3-4-6-11(10)14(20)23/h3-6,9H,7-8H2,1-2H3/b18-9+. The van der Waals surface area contributed by atoms with Gasteiger partial charge in [0.25, 0.3) is 23.6 Å². The minimum atomic E-state index is -3.55. The van der Waals surface area contributed by atoms with Crippen LogP contribution in [0.5, 0.6) is 0 Å². The van der Waals surface area contributed by atoms with Crippen molar-refractivity contribution in [3.8, 4) is 0 Å². The van der Waals surface area contributed by atoms with Gasteiger partial charge in [-0.05, 0) is 12.1 Å². The van der Waals surface area contributed by atoms with Crippen molar-refractivity contribution in [1.29, 1.82) is 0 Å². The third kappa shape index (κ3) is 3.77. The number of carbonyl (C=O) groups is 3. The topological polar surface area (TPSA) is 70.1 Å². The molecule has 122 valence electrons. The number of amides is 3. The summed E-state index contributed by atoms with van der Waals surface area (Å²) >= 11 is 0. The van der Waals surface area contributed by atoms with Gasteiger partial charge in [-0.1, -0.05) is 12.1 Å². The zero-order valence-electron chi connectivity index (χ0n) is 12.6. The second-order valence-electron chi connectivity index (χ2n) is 5.38. The van der Waals surface area contributed by atoms with Crippen molar-refractivity contribution in [2.75, 3.05) is 20.6 Å². The van der Waals surface area contributed by atoms with Crippen molar-refractivity contribution in [3.63, 3.8) is 0 Å². The fourth-order valence-corrected chi connectivity index (χ4v) is 2.12. The van der Waals surface area contributed by atoms with E-state index in [0.29, 0.717) is 4.90 Å². The molecule has 0 aromatic heterocycles. The molecule has 6 nitrogen and oxygen atoms in total. The lowest BCUT2D eigenvalue weighted by atomic mass is 10.1. The first-order valence-electron chi connectivity index (χ1n) is 6.78. The van der Waals surface area contributed by atoms with Crippen molar-refractivity contribution in [1.82, 2.24) is 9.80 Å². The quantitative estimate of drug-likeness (QED) is 0.467. The molecule has 1 aliphatic rings. The number of nitrogens with zero attached hydrogens (tertiary/aromatic N) is 3. The lowest BCUT2D eigenvalue weighted by Gasteiger charge is -2.21. The summed E-state index contributed by atoms with van der Waals surface area (Å²) < 4.78 is 27.9. The molecular weight excluding hydrogens is 308 g/mol. The minimum Gasteiger partial charge on any atom is -0.369 e. The molecule has 0 radical (unpaired) electrons. The molecule has 8 heteroatoms. The average molecular weight is 323 g/mol. The Morgan fingerprint density at radius 2 is 1.74 bits per heavy atom. The highest BCUT2D eigenvalue weighted by Gasteiger charge is 2.43. The maximum Gasteiger partial charge on any atom is 0.274 e. The van der Waals surface area contributed by atoms with E-state index in [-0.39, 0.29) is 11.1 Å². The molecule has 0 saturated carbocycles. The molecule has 0 unspecified atom stereocenters. The summed E-state index contributed by atoms with van der Waals surface area (Å²) in [4.78, 5) is 40.7. The molecule has 0 bridgehead atoms. The summed E-state index contributed by atoms with van der Waals surface area (Å²) in [5, 5.41) is 0. The van der Waals surface area contributed by atoms with Gasteiger partial charge in [-0.2, -0.15) is 0 Å². The van der Waals surface area contributed by atoms with Gasteiger partial charge in [0, 0.05) is 14.1 Å². The Balaban J connectivity index is 2.08. The van der Waals surface area contributed by atoms with Crippen molar-refractivity contribution in [2.45, 2.75) is 12.3 Å². The molecule has 3 amide bonds. The molecule has 1 aliphatic heterocycles. The van der Waals surface area contributed by atoms with Gasteiger partial charge < -0.3 is 4.90 Å². The van der Waals surface area contributed by atoms with Gasteiger partial charge in [0.2, 0.25) is 0 Å². The van der Waals surface area contributed by atoms with Crippen LogP contribution in [0.4, 0.5) is 8.78 Å². The molecule has 0 spiro atoms. The van der Waals surface area contributed by atoms with Crippen LogP contribution in [0.3, 0.4) is 0 Å². The number of hydrogen-bond donors (Lipinski definition) is 0. The summed E-state index contributed by atoms with van der Waals surface area (Å²) in [6, 6.07) is 5.90. The van der Waals surface area contributed by atoms with E-state index in [0.717, 1.165) is 6.34 Å². The van der Waals surface area contributed by atoms with Crippen LogP contribution in [-0.4, -0.2) is 60.4 Å². The van der Waals surface area contributed by atoms with E-state index in [1.54, 1.807) is 26.2 Å². The van der Waals surface area contributed by atoms with Crippen molar-refractivity contribution in [3.05, 3.63) is 35.4 Å². The number of alkyl halides is 2. The second kappa shape index (κ2) is 6.23. The summed E-state index contributed by atoms with van der Waals surface area (Å²) in [5.41, 5.74) is 0.176. The predicted molar refractivity (Wildman–Crippen MR) is 78.6 cm³/mol. The van der Waals surface area contributed by atoms with E-state index >= 15 is 0 Å². The van der Waals surface area contributed by atoms with E-state index in [9.17, 15) is 23.2 Å². The zero-order chi connectivity index (χ0) is 17.2. The number of carbonyl (C=O) groups excluding carboxylic acids is 3. The molecule has 0 atom stereocenters. The average Bonchev–Trinajstić information content (AvgIpc) is 2.70. The maximum absolute atomic E-state index is 14.0. The van der Waals surface area contributed by atoms with Crippen LogP contribution in [0.1, 0.15) is 27.1 Å². The van der Waals surface area contributed by atoms with Crippen molar-refractivity contribution >= 4 is 24.1 Å². The molecular formula is C15H15F2N3O3. The number of imide groups is 1. The molecule has 0 N–H and O–H groups in total. The van der Waals surface area contributed by atoms with Crippen molar-refractivity contribution in [2.24, 2.45) is 4.99 Å². The Bertz CT molecular complexity index is 651. The highest BCUT2D eigenvalue weighted by atomic mass is 19.3. The van der Waals surface area contributed by atoms with Gasteiger partial charge >= 0.3 is 0 Å².